The first-order valence-electron chi connectivity index (χ1n) is 8.80. The first-order chi connectivity index (χ1) is 11.9. The minimum Gasteiger partial charge on any atom is -0.508 e. The number of hydrogen-bond donors (Lipinski definition) is 2. The van der Waals surface area contributed by atoms with E-state index in [2.05, 4.69) is 13.0 Å². The number of aryl methyl sites for hydroxylation is 2. The molecule has 1 aliphatic heterocycles. The smallest absolute Gasteiger partial charge is 0.228 e. The number of fused-ring (bicyclic) bond motifs is 1. The quantitative estimate of drug-likeness (QED) is 0.898. The molecule has 4 heteroatoms. The topological polar surface area (TPSA) is 66.6 Å². The van der Waals surface area contributed by atoms with Crippen molar-refractivity contribution in [2.24, 2.45) is 11.7 Å². The molecule has 0 aliphatic carbocycles. The Labute approximate surface area is 149 Å². The molecular weight excluding hydrogens is 312 g/mol. The monoisotopic (exact) mass is 338 g/mol. The van der Waals surface area contributed by atoms with Crippen LogP contribution in [0, 0.1) is 19.8 Å². The molecule has 2 aromatic carbocycles. The van der Waals surface area contributed by atoms with Crippen molar-refractivity contribution in [1.82, 2.24) is 0 Å². The lowest BCUT2D eigenvalue weighted by molar-refractivity contribution is -0.119. The van der Waals surface area contributed by atoms with Gasteiger partial charge in [0.05, 0.1) is 0 Å². The minimum absolute atomic E-state index is 0.0541. The molecule has 0 aromatic heterocycles. The number of amides is 1. The second kappa shape index (κ2) is 6.89. The van der Waals surface area contributed by atoms with Gasteiger partial charge in [-0.1, -0.05) is 25.1 Å². The van der Waals surface area contributed by atoms with Crippen LogP contribution in [-0.4, -0.2) is 17.6 Å². The summed E-state index contributed by atoms with van der Waals surface area (Å²) in [7, 11) is 0. The molecule has 1 heterocycles. The standard InChI is InChI=1S/C21H26N2O2/c1-13-8-16-6-4-5-7-19(16)23(12-13)20(25)11-18(22)21-14(2)9-17(24)10-15(21)3/h4-7,9-10,13,18,24H,8,11-12,22H2,1-3H3. The molecule has 25 heavy (non-hydrogen) atoms. The normalized spacial score (nSPS) is 17.9. The average molecular weight is 338 g/mol. The fourth-order valence-corrected chi connectivity index (χ4v) is 3.97. The molecule has 0 radical (unpaired) electrons. The van der Waals surface area contributed by atoms with E-state index in [1.165, 1.54) is 5.56 Å². The van der Waals surface area contributed by atoms with Crippen LogP contribution < -0.4 is 10.6 Å². The largest absolute Gasteiger partial charge is 0.508 e. The fraction of sp³-hybridized carbons (Fsp3) is 0.381. The summed E-state index contributed by atoms with van der Waals surface area (Å²) in [6.45, 7) is 6.75. The lowest BCUT2D eigenvalue weighted by Crippen LogP contribution is -2.40. The molecule has 4 nitrogen and oxygen atoms in total. The van der Waals surface area contributed by atoms with Gasteiger partial charge in [0.1, 0.15) is 5.75 Å². The zero-order valence-electron chi connectivity index (χ0n) is 15.1. The summed E-state index contributed by atoms with van der Waals surface area (Å²) < 4.78 is 0. The van der Waals surface area contributed by atoms with Crippen molar-refractivity contribution in [3.05, 3.63) is 58.7 Å². The van der Waals surface area contributed by atoms with E-state index in [4.69, 9.17) is 5.73 Å². The molecule has 3 rings (SSSR count). The second-order valence-electron chi connectivity index (χ2n) is 7.25. The number of carbonyl (C=O) groups is 1. The molecule has 2 unspecified atom stereocenters. The predicted octanol–water partition coefficient (Wildman–Crippen LogP) is 3.62. The van der Waals surface area contributed by atoms with Gasteiger partial charge in [-0.15, -0.1) is 0 Å². The average Bonchev–Trinajstić information content (AvgIpc) is 2.52. The summed E-state index contributed by atoms with van der Waals surface area (Å²) in [5.41, 5.74) is 11.4. The zero-order valence-corrected chi connectivity index (χ0v) is 15.1. The van der Waals surface area contributed by atoms with Crippen molar-refractivity contribution in [2.45, 2.75) is 39.7 Å². The molecule has 2 aromatic rings. The first kappa shape index (κ1) is 17.5. The van der Waals surface area contributed by atoms with Crippen LogP contribution in [0.3, 0.4) is 0 Å². The summed E-state index contributed by atoms with van der Waals surface area (Å²) in [5.74, 6) is 0.724. The van der Waals surface area contributed by atoms with Crippen LogP contribution >= 0.6 is 0 Å². The Balaban J connectivity index is 1.83. The third-order valence-electron chi connectivity index (χ3n) is 4.99. The van der Waals surface area contributed by atoms with Crippen molar-refractivity contribution in [1.29, 1.82) is 0 Å². The highest BCUT2D eigenvalue weighted by Crippen LogP contribution is 2.32. The van der Waals surface area contributed by atoms with Gasteiger partial charge in [0, 0.05) is 24.7 Å². The highest BCUT2D eigenvalue weighted by atomic mass is 16.3. The van der Waals surface area contributed by atoms with Gasteiger partial charge in [0.15, 0.2) is 0 Å². The first-order valence-corrected chi connectivity index (χ1v) is 8.80. The van der Waals surface area contributed by atoms with E-state index in [0.29, 0.717) is 5.92 Å². The lowest BCUT2D eigenvalue weighted by Gasteiger charge is -2.34. The van der Waals surface area contributed by atoms with Crippen LogP contribution in [0.4, 0.5) is 5.69 Å². The van der Waals surface area contributed by atoms with E-state index in [9.17, 15) is 9.90 Å². The van der Waals surface area contributed by atoms with Crippen LogP contribution in [0.5, 0.6) is 5.75 Å². The van der Waals surface area contributed by atoms with Crippen LogP contribution in [0.25, 0.3) is 0 Å². The summed E-state index contributed by atoms with van der Waals surface area (Å²) >= 11 is 0. The maximum atomic E-state index is 13.0. The molecule has 0 saturated heterocycles. The second-order valence-corrected chi connectivity index (χ2v) is 7.25. The third kappa shape index (κ3) is 3.54. The van der Waals surface area contributed by atoms with Crippen LogP contribution in [0.15, 0.2) is 36.4 Å². The van der Waals surface area contributed by atoms with Gasteiger partial charge >= 0.3 is 0 Å². The molecule has 132 valence electrons. The number of carbonyl (C=O) groups excluding carboxylic acids is 1. The van der Waals surface area contributed by atoms with Gasteiger partial charge in [-0.05, 0) is 66.6 Å². The highest BCUT2D eigenvalue weighted by Gasteiger charge is 2.28. The Morgan fingerprint density at radius 2 is 1.92 bits per heavy atom. The van der Waals surface area contributed by atoms with Crippen molar-refractivity contribution in [3.63, 3.8) is 0 Å². The van der Waals surface area contributed by atoms with Crippen molar-refractivity contribution in [2.75, 3.05) is 11.4 Å². The molecule has 1 amide bonds. The van der Waals surface area contributed by atoms with Crippen LogP contribution in [-0.2, 0) is 11.2 Å². The molecule has 0 spiro atoms. The Hall–Kier alpha value is -2.33. The number of aromatic hydroxyl groups is 1. The Morgan fingerprint density at radius 1 is 1.28 bits per heavy atom. The Morgan fingerprint density at radius 3 is 2.60 bits per heavy atom. The number of nitrogens with two attached hydrogens (primary N) is 1. The SMILES string of the molecule is Cc1cc(O)cc(C)c1C(N)CC(=O)N1CC(C)Cc2ccccc21. The fourth-order valence-electron chi connectivity index (χ4n) is 3.97. The van der Waals surface area contributed by atoms with Gasteiger partial charge in [-0.25, -0.2) is 0 Å². The number of anilines is 1. The molecule has 0 fully saturated rings. The molecule has 1 aliphatic rings. The van der Waals surface area contributed by atoms with Gasteiger partial charge < -0.3 is 15.7 Å². The van der Waals surface area contributed by atoms with Crippen LogP contribution in [0.1, 0.15) is 41.6 Å². The molecule has 0 bridgehead atoms. The predicted molar refractivity (Wildman–Crippen MR) is 101 cm³/mol. The zero-order chi connectivity index (χ0) is 18.1. The number of hydrogen-bond acceptors (Lipinski definition) is 3. The van der Waals surface area contributed by atoms with E-state index in [0.717, 1.165) is 35.3 Å². The van der Waals surface area contributed by atoms with Crippen LogP contribution in [0.2, 0.25) is 0 Å². The van der Waals surface area contributed by atoms with Crippen molar-refractivity contribution in [3.8, 4) is 5.75 Å². The van der Waals surface area contributed by atoms with Gasteiger partial charge in [-0.3, -0.25) is 4.79 Å². The van der Waals surface area contributed by atoms with E-state index in [1.54, 1.807) is 12.1 Å². The van der Waals surface area contributed by atoms with E-state index in [-0.39, 0.29) is 24.1 Å². The summed E-state index contributed by atoms with van der Waals surface area (Å²) in [5, 5.41) is 9.71. The van der Waals surface area contributed by atoms with E-state index >= 15 is 0 Å². The summed E-state index contributed by atoms with van der Waals surface area (Å²) in [6.07, 6.45) is 1.26. The van der Waals surface area contributed by atoms with Crippen molar-refractivity contribution >= 4 is 11.6 Å². The summed E-state index contributed by atoms with van der Waals surface area (Å²) in [4.78, 5) is 14.9. The van der Waals surface area contributed by atoms with Gasteiger partial charge in [0.25, 0.3) is 0 Å². The molecule has 0 saturated carbocycles. The van der Waals surface area contributed by atoms with Crippen molar-refractivity contribution < 1.29 is 9.90 Å². The summed E-state index contributed by atoms with van der Waals surface area (Å²) in [6, 6.07) is 11.1. The highest BCUT2D eigenvalue weighted by molar-refractivity contribution is 5.95. The number of rotatable bonds is 3. The molecule has 3 N–H and O–H groups in total. The third-order valence-corrected chi connectivity index (χ3v) is 4.99. The van der Waals surface area contributed by atoms with Gasteiger partial charge in [-0.2, -0.15) is 0 Å². The molecule has 2 atom stereocenters. The Kier molecular flexibility index (Phi) is 4.82. The van der Waals surface area contributed by atoms with E-state index < -0.39 is 0 Å². The maximum absolute atomic E-state index is 13.0. The number of nitrogens with zero attached hydrogens (tertiary/aromatic N) is 1. The number of para-hydroxylation sites is 1. The van der Waals surface area contributed by atoms with Gasteiger partial charge in [0.2, 0.25) is 5.91 Å². The lowest BCUT2D eigenvalue weighted by atomic mass is 9.91. The maximum Gasteiger partial charge on any atom is 0.228 e. The number of phenols is 1. The Bertz CT molecular complexity index is 777. The van der Waals surface area contributed by atoms with E-state index in [1.807, 2.05) is 36.9 Å². The molecular formula is C21H26N2O2. The number of benzene rings is 2. The number of phenolic OH excluding ortho intramolecular Hbond substituents is 1. The minimum atomic E-state index is -0.377.